The number of nitrogens with two attached hydrogens (primary N) is 2. The molecule has 12 heteroatoms. The second-order valence-corrected chi connectivity index (χ2v) is 8.35. The van der Waals surface area contributed by atoms with E-state index in [1.807, 2.05) is 0 Å². The van der Waals surface area contributed by atoms with Gasteiger partial charge < -0.3 is 16.8 Å². The summed E-state index contributed by atoms with van der Waals surface area (Å²) in [7, 11) is 0. The van der Waals surface area contributed by atoms with Gasteiger partial charge in [-0.15, -0.1) is 0 Å². The summed E-state index contributed by atoms with van der Waals surface area (Å²) in [6.45, 7) is 1.91. The lowest BCUT2D eigenvalue weighted by Gasteiger charge is -2.33. The molecule has 32 heavy (non-hydrogen) atoms. The quantitative estimate of drug-likeness (QED) is 0.366. The first kappa shape index (κ1) is 22.0. The molecule has 0 fully saturated rings. The molecule has 0 saturated heterocycles. The topological polar surface area (TPSA) is 150 Å². The molecule has 0 radical (unpaired) electrons. The zero-order valence-corrected chi connectivity index (χ0v) is 18.5. The van der Waals surface area contributed by atoms with Crippen LogP contribution in [0.1, 0.15) is 6.92 Å². The highest BCUT2D eigenvalue weighted by Gasteiger charge is 2.53. The maximum Gasteiger partial charge on any atom is 0.279 e. The van der Waals surface area contributed by atoms with Crippen molar-refractivity contribution in [2.75, 3.05) is 11.9 Å². The molecule has 0 bridgehead atoms. The summed E-state index contributed by atoms with van der Waals surface area (Å²) < 4.78 is 1.74. The van der Waals surface area contributed by atoms with Gasteiger partial charge in [-0.25, -0.2) is 15.0 Å². The minimum absolute atomic E-state index is 0.157. The van der Waals surface area contributed by atoms with Crippen LogP contribution >= 0.6 is 23.2 Å². The van der Waals surface area contributed by atoms with Gasteiger partial charge in [0.05, 0.1) is 16.6 Å². The highest BCUT2D eigenvalue weighted by Crippen LogP contribution is 2.32. The van der Waals surface area contributed by atoms with Gasteiger partial charge in [-0.05, 0) is 30.4 Å². The average Bonchev–Trinajstić information content (AvgIpc) is 3.20. The van der Waals surface area contributed by atoms with Crippen LogP contribution < -0.4 is 16.8 Å². The molecule has 0 amide bonds. The van der Waals surface area contributed by atoms with Crippen molar-refractivity contribution >= 4 is 40.6 Å². The Morgan fingerprint density at radius 3 is 2.84 bits per heavy atom. The molecular weight excluding hydrogens is 455 g/mol. The summed E-state index contributed by atoms with van der Waals surface area (Å²) in [4.78, 5) is 24.6. The molecule has 5 N–H and O–H groups in total. The Balaban J connectivity index is 1.67. The number of dihydropyridines is 1. The number of anilines is 1. The van der Waals surface area contributed by atoms with E-state index < -0.39 is 22.5 Å². The summed E-state index contributed by atoms with van der Waals surface area (Å²) in [5.41, 5.74) is 12.0. The molecule has 2 aromatic heterocycles. The predicted octanol–water partition coefficient (Wildman–Crippen LogP) is 2.98. The number of nitrogens with zero attached hydrogens (tertiary/aromatic N) is 5. The van der Waals surface area contributed by atoms with Gasteiger partial charge in [-0.3, -0.25) is 14.5 Å². The number of hydrogen-bond donors (Lipinski definition) is 3. The zero-order chi connectivity index (χ0) is 23.0. The Kier molecular flexibility index (Phi) is 5.76. The van der Waals surface area contributed by atoms with E-state index in [9.17, 15) is 10.1 Å². The minimum atomic E-state index is -1.61. The Morgan fingerprint density at radius 2 is 2.16 bits per heavy atom. The van der Waals surface area contributed by atoms with Crippen LogP contribution in [0, 0.1) is 16.0 Å². The van der Waals surface area contributed by atoms with E-state index in [0.29, 0.717) is 32.9 Å². The number of rotatable bonds is 6. The van der Waals surface area contributed by atoms with Gasteiger partial charge in [0.2, 0.25) is 5.95 Å². The molecule has 166 valence electrons. The normalized spacial score (nSPS) is 21.4. The maximum absolute atomic E-state index is 12.0. The summed E-state index contributed by atoms with van der Waals surface area (Å²) in [5, 5.41) is 16.2. The number of hydrogen-bond acceptors (Lipinski definition) is 8. The van der Waals surface area contributed by atoms with Crippen molar-refractivity contribution in [3.8, 4) is 11.3 Å². The third kappa shape index (κ3) is 3.77. The zero-order valence-electron chi connectivity index (χ0n) is 16.9. The van der Waals surface area contributed by atoms with Gasteiger partial charge in [-0.1, -0.05) is 30.1 Å². The fraction of sp³-hybridized carbons (Fsp3) is 0.250. The Bertz CT molecular complexity index is 1260. The van der Waals surface area contributed by atoms with Crippen molar-refractivity contribution in [1.29, 1.82) is 0 Å². The van der Waals surface area contributed by atoms with Crippen molar-refractivity contribution in [2.45, 2.75) is 18.6 Å². The summed E-state index contributed by atoms with van der Waals surface area (Å²) in [6.07, 6.45) is 5.09. The first-order valence-corrected chi connectivity index (χ1v) is 10.4. The fourth-order valence-electron chi connectivity index (χ4n) is 3.72. The van der Waals surface area contributed by atoms with Crippen molar-refractivity contribution in [1.82, 2.24) is 14.4 Å². The second kappa shape index (κ2) is 8.38. The van der Waals surface area contributed by atoms with Crippen LogP contribution in [0.25, 0.3) is 16.9 Å². The SMILES string of the molecule is CC(CNc1nc(-c2ccc(Cl)cc2Cl)cc2nccn12)C1([N+](=O)[O-])C=CC(N)=NC1N. The molecule has 3 unspecified atom stereocenters. The molecule has 3 heterocycles. The monoisotopic (exact) mass is 474 g/mol. The number of amidine groups is 1. The van der Waals surface area contributed by atoms with E-state index in [2.05, 4.69) is 20.3 Å². The number of halogens is 2. The van der Waals surface area contributed by atoms with Gasteiger partial charge in [-0.2, -0.15) is 0 Å². The number of benzene rings is 1. The van der Waals surface area contributed by atoms with E-state index in [1.165, 1.54) is 12.2 Å². The molecule has 0 aliphatic carbocycles. The van der Waals surface area contributed by atoms with Crippen molar-refractivity contribution in [2.24, 2.45) is 22.4 Å². The average molecular weight is 475 g/mol. The third-order valence-electron chi connectivity index (χ3n) is 5.55. The molecular formula is C20H20Cl2N8O2. The van der Waals surface area contributed by atoms with Crippen molar-refractivity contribution < 1.29 is 4.92 Å². The van der Waals surface area contributed by atoms with Gasteiger partial charge in [0.1, 0.15) is 11.5 Å². The molecule has 0 saturated carbocycles. The Hall–Kier alpha value is -3.21. The standard InChI is InChI=1S/C20H20Cl2N8O2/c1-11(20(30(31)32)5-4-16(23)28-18(20)24)10-26-19-27-15(9-17-25-6-7-29(17)19)13-3-2-12(21)8-14(13)22/h2-9,11,18H,10,24H2,1H3,(H2,23,28)(H,26,27). The van der Waals surface area contributed by atoms with Gasteiger partial charge in [0.15, 0.2) is 6.17 Å². The van der Waals surface area contributed by atoms with Crippen molar-refractivity contribution in [3.05, 3.63) is 69.0 Å². The van der Waals surface area contributed by atoms with E-state index >= 15 is 0 Å². The first-order chi connectivity index (χ1) is 15.2. The molecule has 1 aromatic carbocycles. The molecule has 10 nitrogen and oxygen atoms in total. The number of aromatic nitrogens is 3. The van der Waals surface area contributed by atoms with Gasteiger partial charge in [0.25, 0.3) is 5.54 Å². The molecule has 1 aliphatic rings. The summed E-state index contributed by atoms with van der Waals surface area (Å²) in [6, 6.07) is 6.92. The Labute approximate surface area is 193 Å². The van der Waals surface area contributed by atoms with Crippen molar-refractivity contribution in [3.63, 3.8) is 0 Å². The largest absolute Gasteiger partial charge is 0.384 e. The smallest absolute Gasteiger partial charge is 0.279 e. The first-order valence-electron chi connectivity index (χ1n) is 9.68. The van der Waals surface area contributed by atoms with Gasteiger partial charge in [0, 0.05) is 40.5 Å². The molecule has 4 rings (SSSR count). The summed E-state index contributed by atoms with van der Waals surface area (Å²) in [5.74, 6) is 0.0518. The number of aliphatic imine (C=N–C) groups is 1. The molecule has 3 atom stereocenters. The van der Waals surface area contributed by atoms with Crippen LogP contribution in [0.2, 0.25) is 10.0 Å². The predicted molar refractivity (Wildman–Crippen MR) is 125 cm³/mol. The second-order valence-electron chi connectivity index (χ2n) is 7.50. The number of fused-ring (bicyclic) bond motifs is 1. The van der Waals surface area contributed by atoms with Crippen LogP contribution in [0.3, 0.4) is 0 Å². The highest BCUT2D eigenvalue weighted by atomic mass is 35.5. The lowest BCUT2D eigenvalue weighted by molar-refractivity contribution is -0.568. The van der Waals surface area contributed by atoms with Crippen LogP contribution in [0.5, 0.6) is 0 Å². The molecule has 0 spiro atoms. The van der Waals surface area contributed by atoms with Crippen LogP contribution in [0.4, 0.5) is 5.95 Å². The van der Waals surface area contributed by atoms with Crippen LogP contribution in [-0.2, 0) is 0 Å². The minimum Gasteiger partial charge on any atom is -0.384 e. The Morgan fingerprint density at radius 1 is 1.38 bits per heavy atom. The van der Waals surface area contributed by atoms with Crippen LogP contribution in [-0.4, -0.2) is 43.4 Å². The number of nitro groups is 1. The lowest BCUT2D eigenvalue weighted by atomic mass is 9.81. The maximum atomic E-state index is 12.0. The number of imidazole rings is 1. The third-order valence-corrected chi connectivity index (χ3v) is 6.10. The molecule has 1 aliphatic heterocycles. The summed E-state index contributed by atoms with van der Waals surface area (Å²) >= 11 is 12.4. The molecule has 3 aromatic rings. The van der Waals surface area contributed by atoms with Gasteiger partial charge >= 0.3 is 0 Å². The lowest BCUT2D eigenvalue weighted by Crippen LogP contribution is -2.59. The van der Waals surface area contributed by atoms with Crippen LogP contribution in [0.15, 0.2) is 53.8 Å². The van der Waals surface area contributed by atoms with E-state index in [4.69, 9.17) is 34.7 Å². The van der Waals surface area contributed by atoms with E-state index in [1.54, 1.807) is 48.0 Å². The highest BCUT2D eigenvalue weighted by molar-refractivity contribution is 6.36. The van der Waals surface area contributed by atoms with E-state index in [0.717, 1.165) is 0 Å². The fourth-order valence-corrected chi connectivity index (χ4v) is 4.23. The van der Waals surface area contributed by atoms with E-state index in [-0.39, 0.29) is 12.4 Å². The number of nitrogens with one attached hydrogen (secondary N) is 1.